The molecule has 3 aliphatic rings. The molecule has 0 spiro atoms. The van der Waals surface area contributed by atoms with E-state index in [-0.39, 0.29) is 41.2 Å². The van der Waals surface area contributed by atoms with Crippen molar-refractivity contribution in [3.63, 3.8) is 0 Å². The number of aryl methyl sites for hydroxylation is 1. The van der Waals surface area contributed by atoms with Gasteiger partial charge in [-0.2, -0.15) is 18.4 Å². The second-order valence-electron chi connectivity index (χ2n) is 12.4. The molecule has 1 aliphatic carbocycles. The predicted molar refractivity (Wildman–Crippen MR) is 153 cm³/mol. The molecule has 43 heavy (non-hydrogen) atoms. The fourth-order valence-electron chi connectivity index (χ4n) is 6.98. The van der Waals surface area contributed by atoms with Gasteiger partial charge in [-0.25, -0.2) is 0 Å². The lowest BCUT2D eigenvalue weighted by Gasteiger charge is -2.45. The second kappa shape index (κ2) is 11.1. The Balaban J connectivity index is 1.31. The first-order valence-electron chi connectivity index (χ1n) is 14.7. The lowest BCUT2D eigenvalue weighted by molar-refractivity contribution is -0.138. The quantitative estimate of drug-likeness (QED) is 0.381. The van der Waals surface area contributed by atoms with Gasteiger partial charge < -0.3 is 14.2 Å². The van der Waals surface area contributed by atoms with Crippen molar-refractivity contribution in [3.8, 4) is 6.07 Å². The number of halogens is 3. The lowest BCUT2D eigenvalue weighted by Crippen LogP contribution is -2.43. The van der Waals surface area contributed by atoms with E-state index >= 15 is 0 Å². The van der Waals surface area contributed by atoms with E-state index in [1.165, 1.54) is 11.0 Å². The van der Waals surface area contributed by atoms with E-state index in [2.05, 4.69) is 21.2 Å². The van der Waals surface area contributed by atoms with E-state index < -0.39 is 17.6 Å². The van der Waals surface area contributed by atoms with E-state index in [4.69, 9.17) is 4.74 Å². The molecule has 1 saturated carbocycles. The smallest absolute Gasteiger partial charge is 0.374 e. The van der Waals surface area contributed by atoms with E-state index in [0.717, 1.165) is 17.8 Å². The van der Waals surface area contributed by atoms with Crippen molar-refractivity contribution in [2.45, 2.75) is 76.4 Å². The van der Waals surface area contributed by atoms with Crippen molar-refractivity contribution in [3.05, 3.63) is 76.4 Å². The maximum atomic E-state index is 14.4. The van der Waals surface area contributed by atoms with Crippen LogP contribution in [0.5, 0.6) is 0 Å². The van der Waals surface area contributed by atoms with Crippen LogP contribution in [-0.2, 0) is 42.9 Å². The Bertz CT molecular complexity index is 1570. The lowest BCUT2D eigenvalue weighted by atomic mass is 9.57. The molecular formula is C32H35F3N6O2. The molecule has 2 atom stereocenters. The number of ether oxygens (including phenoxy) is 1. The van der Waals surface area contributed by atoms with Crippen molar-refractivity contribution < 1.29 is 22.7 Å². The van der Waals surface area contributed by atoms with Gasteiger partial charge in [-0.1, -0.05) is 12.1 Å². The summed E-state index contributed by atoms with van der Waals surface area (Å²) in [6.07, 6.45) is -0.286. The highest BCUT2D eigenvalue weighted by atomic mass is 19.4. The van der Waals surface area contributed by atoms with Crippen LogP contribution in [0.15, 0.2) is 42.7 Å². The van der Waals surface area contributed by atoms with Gasteiger partial charge in [-0.3, -0.25) is 9.69 Å². The summed E-state index contributed by atoms with van der Waals surface area (Å²) < 4.78 is 50.9. The summed E-state index contributed by atoms with van der Waals surface area (Å²) in [6, 6.07) is 12.6. The van der Waals surface area contributed by atoms with Gasteiger partial charge in [0.25, 0.3) is 5.91 Å². The first-order valence-corrected chi connectivity index (χ1v) is 14.7. The SMILES string of the molecule is C[C@@H]1CCN(Cc2cc3c(c(C(F)(F)F)c2)CN(c2cccc(C4(Cc5nncn5C)CC(C#N)C4)c2)C3=O)C[C@@H](C)O1. The van der Waals surface area contributed by atoms with Gasteiger partial charge in [-0.05, 0) is 74.1 Å². The third-order valence-electron chi connectivity index (χ3n) is 9.17. The summed E-state index contributed by atoms with van der Waals surface area (Å²) in [5.74, 6) is 0.254. The third-order valence-corrected chi connectivity index (χ3v) is 9.17. The summed E-state index contributed by atoms with van der Waals surface area (Å²) >= 11 is 0. The van der Waals surface area contributed by atoms with Crippen LogP contribution in [0.3, 0.4) is 0 Å². The Morgan fingerprint density at radius 3 is 2.65 bits per heavy atom. The molecule has 1 saturated heterocycles. The number of anilines is 1. The van der Waals surface area contributed by atoms with Crippen molar-refractivity contribution in [2.75, 3.05) is 18.0 Å². The number of nitrogens with zero attached hydrogens (tertiary/aromatic N) is 6. The molecule has 3 heterocycles. The van der Waals surface area contributed by atoms with E-state index in [9.17, 15) is 23.2 Å². The number of carbonyl (C=O) groups excluding carboxylic acids is 1. The van der Waals surface area contributed by atoms with Crippen LogP contribution in [0.2, 0.25) is 0 Å². The Labute approximate surface area is 249 Å². The zero-order chi connectivity index (χ0) is 30.5. The van der Waals surface area contributed by atoms with E-state index in [1.54, 1.807) is 18.5 Å². The maximum Gasteiger partial charge on any atom is 0.416 e. The minimum Gasteiger partial charge on any atom is -0.374 e. The highest BCUT2D eigenvalue weighted by Crippen LogP contribution is 2.50. The molecule has 2 aliphatic heterocycles. The fraction of sp³-hybridized carbons (Fsp3) is 0.500. The molecule has 6 rings (SSSR count). The average molecular weight is 593 g/mol. The number of carbonyl (C=O) groups is 1. The molecule has 0 N–H and O–H groups in total. The minimum atomic E-state index is -4.60. The fourth-order valence-corrected chi connectivity index (χ4v) is 6.98. The second-order valence-corrected chi connectivity index (χ2v) is 12.4. The maximum absolute atomic E-state index is 14.4. The van der Waals surface area contributed by atoms with E-state index in [0.29, 0.717) is 50.1 Å². The highest BCUT2D eigenvalue weighted by Gasteiger charge is 2.47. The average Bonchev–Trinajstić information content (AvgIpc) is 3.44. The first-order chi connectivity index (χ1) is 20.5. The van der Waals surface area contributed by atoms with Gasteiger partial charge in [0.15, 0.2) is 0 Å². The molecule has 226 valence electrons. The number of benzene rings is 2. The molecule has 0 radical (unpaired) electrons. The molecule has 3 aromatic rings. The van der Waals surface area contributed by atoms with Gasteiger partial charge in [0.2, 0.25) is 0 Å². The molecule has 1 aromatic heterocycles. The molecule has 8 nitrogen and oxygen atoms in total. The number of aromatic nitrogens is 3. The zero-order valence-corrected chi connectivity index (χ0v) is 24.6. The van der Waals surface area contributed by atoms with Crippen molar-refractivity contribution in [2.24, 2.45) is 13.0 Å². The number of amides is 1. The predicted octanol–water partition coefficient (Wildman–Crippen LogP) is 5.41. The number of hydrogen-bond donors (Lipinski definition) is 0. The standard InChI is InChI=1S/C32H35F3N6O2/c1-20-7-8-40(16-21(2)43-20)17-22-9-26-27(28(10-22)32(33,34)35)18-41(30(26)42)25-6-4-5-24(11-25)31(12-23(13-31)15-36)14-29-38-37-19-39(29)3/h4-6,9-11,19-21,23H,7-8,12-14,16-18H2,1-3H3/t20-,21-,23?,31?/m1/s1. The number of hydrogen-bond acceptors (Lipinski definition) is 6. The summed E-state index contributed by atoms with van der Waals surface area (Å²) in [5.41, 5.74) is 0.929. The highest BCUT2D eigenvalue weighted by molar-refractivity contribution is 6.10. The molecular weight excluding hydrogens is 557 g/mol. The number of fused-ring (bicyclic) bond motifs is 1. The summed E-state index contributed by atoms with van der Waals surface area (Å²) in [6.45, 7) is 5.44. The molecule has 2 fully saturated rings. The third kappa shape index (κ3) is 5.66. The largest absolute Gasteiger partial charge is 0.416 e. The summed E-state index contributed by atoms with van der Waals surface area (Å²) in [5, 5.41) is 17.8. The van der Waals surface area contributed by atoms with Crippen LogP contribution in [0.1, 0.15) is 71.5 Å². The van der Waals surface area contributed by atoms with Crippen LogP contribution >= 0.6 is 0 Å². The van der Waals surface area contributed by atoms with Gasteiger partial charge in [0.05, 0.1) is 30.4 Å². The summed E-state index contributed by atoms with van der Waals surface area (Å²) in [7, 11) is 1.87. The number of alkyl halides is 3. The number of nitriles is 1. The Hall–Kier alpha value is -3.75. The Morgan fingerprint density at radius 1 is 1.16 bits per heavy atom. The zero-order valence-electron chi connectivity index (χ0n) is 24.6. The molecule has 2 aromatic carbocycles. The molecule has 11 heteroatoms. The number of rotatable bonds is 6. The Morgan fingerprint density at radius 2 is 1.95 bits per heavy atom. The van der Waals surface area contributed by atoms with Crippen LogP contribution in [0.4, 0.5) is 18.9 Å². The van der Waals surface area contributed by atoms with Crippen molar-refractivity contribution in [1.82, 2.24) is 19.7 Å². The Kier molecular flexibility index (Phi) is 7.55. The van der Waals surface area contributed by atoms with Gasteiger partial charge >= 0.3 is 6.18 Å². The normalized spacial score (nSPS) is 26.1. The van der Waals surface area contributed by atoms with Crippen LogP contribution < -0.4 is 4.90 Å². The first kappa shape index (κ1) is 29.3. The van der Waals surface area contributed by atoms with Crippen LogP contribution in [0.25, 0.3) is 0 Å². The van der Waals surface area contributed by atoms with Gasteiger partial charge in [0, 0.05) is 55.7 Å². The minimum absolute atomic E-state index is 0.00910. The van der Waals surface area contributed by atoms with Crippen LogP contribution in [0, 0.1) is 17.2 Å². The van der Waals surface area contributed by atoms with Gasteiger partial charge in [0.1, 0.15) is 12.2 Å². The molecule has 1 amide bonds. The molecule has 0 bridgehead atoms. The monoisotopic (exact) mass is 592 g/mol. The molecule has 0 unspecified atom stereocenters. The van der Waals surface area contributed by atoms with E-state index in [1.807, 2.05) is 43.7 Å². The summed E-state index contributed by atoms with van der Waals surface area (Å²) in [4.78, 5) is 17.3. The van der Waals surface area contributed by atoms with Crippen molar-refractivity contribution in [1.29, 1.82) is 5.26 Å². The van der Waals surface area contributed by atoms with Gasteiger partial charge in [-0.15, -0.1) is 10.2 Å². The van der Waals surface area contributed by atoms with Crippen molar-refractivity contribution >= 4 is 11.6 Å². The van der Waals surface area contributed by atoms with Crippen LogP contribution in [-0.4, -0.2) is 50.9 Å². The topological polar surface area (TPSA) is 87.3 Å².